The molecule has 8 heteroatoms. The van der Waals surface area contributed by atoms with Crippen LogP contribution in [0, 0.1) is 11.3 Å². The third kappa shape index (κ3) is 4.51. The van der Waals surface area contributed by atoms with Crippen LogP contribution in [0.2, 0.25) is 0 Å². The summed E-state index contributed by atoms with van der Waals surface area (Å²) < 4.78 is 20.9. The number of nitrogens with one attached hydrogen (secondary N) is 1. The number of nitriles is 1. The van der Waals surface area contributed by atoms with E-state index in [2.05, 4.69) is 5.32 Å². The van der Waals surface area contributed by atoms with Gasteiger partial charge >= 0.3 is 5.97 Å². The largest absolute Gasteiger partial charge is 0.493 e. The summed E-state index contributed by atoms with van der Waals surface area (Å²) in [7, 11) is 4.26. The van der Waals surface area contributed by atoms with Gasteiger partial charge in [0.15, 0.2) is 17.6 Å². The number of amides is 1. The fourth-order valence-corrected chi connectivity index (χ4v) is 2.45. The van der Waals surface area contributed by atoms with Crippen LogP contribution in [0.5, 0.6) is 17.2 Å². The number of hydrogen-bond donors (Lipinski definition) is 1. The number of benzene rings is 2. The van der Waals surface area contributed by atoms with E-state index in [1.807, 2.05) is 6.07 Å². The van der Waals surface area contributed by atoms with Crippen LogP contribution in [0.3, 0.4) is 0 Å². The number of ether oxygens (including phenoxy) is 4. The number of esters is 1. The third-order valence-electron chi connectivity index (χ3n) is 3.84. The molecule has 0 spiro atoms. The maximum Gasteiger partial charge on any atom is 0.342 e. The Hall–Kier alpha value is -3.73. The van der Waals surface area contributed by atoms with E-state index < -0.39 is 18.0 Å². The third-order valence-corrected chi connectivity index (χ3v) is 3.84. The predicted octanol–water partition coefficient (Wildman–Crippen LogP) is 2.77. The number of carbonyl (C=O) groups is 2. The van der Waals surface area contributed by atoms with Gasteiger partial charge in [-0.25, -0.2) is 4.79 Å². The average Bonchev–Trinajstić information content (AvgIpc) is 2.72. The second kappa shape index (κ2) is 9.28. The first kappa shape index (κ1) is 20.6. The van der Waals surface area contributed by atoms with Gasteiger partial charge < -0.3 is 24.3 Å². The molecule has 2 rings (SSSR count). The normalized spacial score (nSPS) is 11.0. The second-order valence-corrected chi connectivity index (χ2v) is 5.61. The highest BCUT2D eigenvalue weighted by Gasteiger charge is 2.25. The van der Waals surface area contributed by atoms with Gasteiger partial charge in [-0.1, -0.05) is 6.07 Å². The minimum Gasteiger partial charge on any atom is -0.493 e. The second-order valence-electron chi connectivity index (χ2n) is 5.61. The van der Waals surface area contributed by atoms with Gasteiger partial charge in [0, 0.05) is 5.69 Å². The standard InChI is InChI=1S/C20H20N2O6/c1-12(19(23)22-14-7-5-6-13(10-14)11-21)28-20(24)15-8-9-16(25-2)18(27-4)17(15)26-3/h5-10,12H,1-4H3,(H,22,23)/t12-/m0/s1. The maximum absolute atomic E-state index is 12.5. The van der Waals surface area contributed by atoms with Crippen LogP contribution in [0.1, 0.15) is 22.8 Å². The van der Waals surface area contributed by atoms with Crippen molar-refractivity contribution in [2.75, 3.05) is 26.6 Å². The van der Waals surface area contributed by atoms with E-state index in [1.165, 1.54) is 46.5 Å². The summed E-state index contributed by atoms with van der Waals surface area (Å²) in [4.78, 5) is 24.8. The first-order valence-electron chi connectivity index (χ1n) is 8.26. The molecule has 8 nitrogen and oxygen atoms in total. The van der Waals surface area contributed by atoms with Crippen molar-refractivity contribution < 1.29 is 28.5 Å². The molecular weight excluding hydrogens is 364 g/mol. The summed E-state index contributed by atoms with van der Waals surface area (Å²) >= 11 is 0. The number of nitrogens with zero attached hydrogens (tertiary/aromatic N) is 1. The molecule has 0 aliphatic carbocycles. The summed E-state index contributed by atoms with van der Waals surface area (Å²) in [6.45, 7) is 1.44. The minimum absolute atomic E-state index is 0.0891. The number of methoxy groups -OCH3 is 3. The molecule has 0 unspecified atom stereocenters. The highest BCUT2D eigenvalue weighted by molar-refractivity contribution is 5.99. The molecule has 2 aromatic rings. The molecule has 0 heterocycles. The van der Waals surface area contributed by atoms with Gasteiger partial charge in [-0.15, -0.1) is 0 Å². The fraction of sp³-hybridized carbons (Fsp3) is 0.250. The molecule has 146 valence electrons. The molecule has 1 N–H and O–H groups in total. The van der Waals surface area contributed by atoms with E-state index in [4.69, 9.17) is 24.2 Å². The zero-order valence-corrected chi connectivity index (χ0v) is 15.9. The van der Waals surface area contributed by atoms with Crippen LogP contribution in [0.4, 0.5) is 5.69 Å². The minimum atomic E-state index is -1.09. The first-order valence-corrected chi connectivity index (χ1v) is 8.26. The zero-order valence-electron chi connectivity index (χ0n) is 15.9. The van der Waals surface area contributed by atoms with E-state index in [-0.39, 0.29) is 17.1 Å². The van der Waals surface area contributed by atoms with Crippen molar-refractivity contribution in [3.63, 3.8) is 0 Å². The summed E-state index contributed by atoms with van der Waals surface area (Å²) in [5, 5.41) is 11.5. The fourth-order valence-electron chi connectivity index (χ4n) is 2.45. The molecule has 0 aromatic heterocycles. The average molecular weight is 384 g/mol. The smallest absolute Gasteiger partial charge is 0.342 e. The van der Waals surface area contributed by atoms with Crippen LogP contribution in [-0.2, 0) is 9.53 Å². The van der Waals surface area contributed by atoms with Crippen molar-refractivity contribution in [2.45, 2.75) is 13.0 Å². The SMILES string of the molecule is COc1ccc(C(=O)O[C@@H](C)C(=O)Nc2cccc(C#N)c2)c(OC)c1OC. The Morgan fingerprint density at radius 1 is 1.04 bits per heavy atom. The van der Waals surface area contributed by atoms with Crippen molar-refractivity contribution >= 4 is 17.6 Å². The van der Waals surface area contributed by atoms with Crippen LogP contribution in [0.25, 0.3) is 0 Å². The Morgan fingerprint density at radius 3 is 2.36 bits per heavy atom. The van der Waals surface area contributed by atoms with Crippen molar-refractivity contribution in [2.24, 2.45) is 0 Å². The van der Waals surface area contributed by atoms with Crippen molar-refractivity contribution in [1.29, 1.82) is 5.26 Å². The lowest BCUT2D eigenvalue weighted by Crippen LogP contribution is -2.30. The van der Waals surface area contributed by atoms with Crippen LogP contribution < -0.4 is 19.5 Å². The summed E-state index contributed by atoms with van der Waals surface area (Å²) in [5.74, 6) is -0.528. The first-order chi connectivity index (χ1) is 13.4. The number of anilines is 1. The van der Waals surface area contributed by atoms with Gasteiger partial charge in [-0.05, 0) is 37.3 Å². The molecule has 0 saturated heterocycles. The van der Waals surface area contributed by atoms with E-state index in [0.29, 0.717) is 17.0 Å². The maximum atomic E-state index is 12.5. The van der Waals surface area contributed by atoms with Crippen molar-refractivity contribution in [1.82, 2.24) is 0 Å². The van der Waals surface area contributed by atoms with E-state index >= 15 is 0 Å². The molecule has 0 fully saturated rings. The molecule has 1 amide bonds. The van der Waals surface area contributed by atoms with Crippen molar-refractivity contribution in [3.8, 4) is 23.3 Å². The summed E-state index contributed by atoms with van der Waals surface area (Å²) in [6, 6.07) is 11.4. The summed E-state index contributed by atoms with van der Waals surface area (Å²) in [5.41, 5.74) is 0.916. The van der Waals surface area contributed by atoms with Gasteiger partial charge in [0.25, 0.3) is 5.91 Å². The molecule has 28 heavy (non-hydrogen) atoms. The van der Waals surface area contributed by atoms with E-state index in [1.54, 1.807) is 18.2 Å². The molecule has 2 aromatic carbocycles. The molecule has 0 saturated carbocycles. The van der Waals surface area contributed by atoms with E-state index in [9.17, 15) is 9.59 Å². The molecule has 0 bridgehead atoms. The van der Waals surface area contributed by atoms with Crippen LogP contribution in [-0.4, -0.2) is 39.3 Å². The van der Waals surface area contributed by atoms with Gasteiger partial charge in [0.05, 0.1) is 33.0 Å². The monoisotopic (exact) mass is 384 g/mol. The molecule has 0 radical (unpaired) electrons. The number of hydrogen-bond acceptors (Lipinski definition) is 7. The molecule has 0 aliphatic heterocycles. The Kier molecular flexibility index (Phi) is 6.82. The van der Waals surface area contributed by atoms with Gasteiger partial charge in [0.1, 0.15) is 5.56 Å². The lowest BCUT2D eigenvalue weighted by Gasteiger charge is -2.17. The highest BCUT2D eigenvalue weighted by atomic mass is 16.6. The zero-order chi connectivity index (χ0) is 20.7. The van der Waals surface area contributed by atoms with Gasteiger partial charge in [-0.3, -0.25) is 4.79 Å². The van der Waals surface area contributed by atoms with Gasteiger partial charge in [0.2, 0.25) is 5.75 Å². The Labute approximate surface area is 162 Å². The summed E-state index contributed by atoms with van der Waals surface area (Å²) in [6.07, 6.45) is -1.09. The lowest BCUT2D eigenvalue weighted by atomic mass is 10.1. The quantitative estimate of drug-likeness (QED) is 0.732. The van der Waals surface area contributed by atoms with Crippen molar-refractivity contribution in [3.05, 3.63) is 47.5 Å². The van der Waals surface area contributed by atoms with Gasteiger partial charge in [-0.2, -0.15) is 5.26 Å². The van der Waals surface area contributed by atoms with Crippen LogP contribution >= 0.6 is 0 Å². The molecular formula is C20H20N2O6. The Bertz CT molecular complexity index is 919. The van der Waals surface area contributed by atoms with E-state index in [0.717, 1.165) is 0 Å². The molecule has 1 atom stereocenters. The van der Waals surface area contributed by atoms with Crippen LogP contribution in [0.15, 0.2) is 36.4 Å². The predicted molar refractivity (Wildman–Crippen MR) is 101 cm³/mol. The Balaban J connectivity index is 2.15. The topological polar surface area (TPSA) is 107 Å². The lowest BCUT2D eigenvalue weighted by molar-refractivity contribution is -0.123. The Morgan fingerprint density at radius 2 is 1.75 bits per heavy atom. The number of carbonyl (C=O) groups excluding carboxylic acids is 2. The molecule has 0 aliphatic rings. The number of rotatable bonds is 7. The highest BCUT2D eigenvalue weighted by Crippen LogP contribution is 2.40.